The molecule has 3 heteroatoms. The lowest BCUT2D eigenvalue weighted by Crippen LogP contribution is -2.15. The molecule has 1 aliphatic heterocycles. The molecule has 1 unspecified atom stereocenters. The summed E-state index contributed by atoms with van der Waals surface area (Å²) >= 11 is 0. The molecule has 0 saturated carbocycles. The van der Waals surface area contributed by atoms with E-state index in [4.69, 9.17) is 9.47 Å². The molecule has 0 aromatic heterocycles. The number of ether oxygens (including phenoxy) is 2. The van der Waals surface area contributed by atoms with Gasteiger partial charge in [-0.25, -0.2) is 0 Å². The number of rotatable bonds is 3. The van der Waals surface area contributed by atoms with Gasteiger partial charge < -0.3 is 9.47 Å². The highest BCUT2D eigenvalue weighted by atomic mass is 16.6. The number of fused-ring (bicyclic) bond motifs is 1. The van der Waals surface area contributed by atoms with E-state index in [1.54, 1.807) is 0 Å². The van der Waals surface area contributed by atoms with Crippen molar-refractivity contribution in [2.75, 3.05) is 13.2 Å². The first-order valence-electron chi connectivity index (χ1n) is 7.52. The van der Waals surface area contributed by atoms with Crippen molar-refractivity contribution in [1.82, 2.24) is 0 Å². The highest BCUT2D eigenvalue weighted by molar-refractivity contribution is 5.45. The summed E-state index contributed by atoms with van der Waals surface area (Å²) in [5.41, 5.74) is 4.55. The minimum atomic E-state index is -0.151. The first-order chi connectivity index (χ1) is 10.7. The zero-order valence-electron chi connectivity index (χ0n) is 12.9. The Balaban J connectivity index is 1.87. The number of nitriles is 1. The third kappa shape index (κ3) is 2.92. The Morgan fingerprint density at radius 2 is 1.82 bits per heavy atom. The summed E-state index contributed by atoms with van der Waals surface area (Å²) in [7, 11) is 0. The minimum absolute atomic E-state index is 0.151. The Bertz CT molecular complexity index is 731. The second kappa shape index (κ2) is 6.11. The highest BCUT2D eigenvalue weighted by Gasteiger charge is 2.17. The average molecular weight is 293 g/mol. The van der Waals surface area contributed by atoms with Gasteiger partial charge in [0.25, 0.3) is 0 Å². The van der Waals surface area contributed by atoms with Gasteiger partial charge in [0.2, 0.25) is 0 Å². The van der Waals surface area contributed by atoms with Crippen LogP contribution in [0.2, 0.25) is 0 Å². The van der Waals surface area contributed by atoms with E-state index in [1.165, 1.54) is 5.56 Å². The molecule has 0 saturated heterocycles. The normalized spacial score (nSPS) is 14.2. The fraction of sp³-hybridized carbons (Fsp3) is 0.316. The zero-order chi connectivity index (χ0) is 15.5. The SMILES string of the molecule is Cc1ccc(C)c(C(C#N)Cc2ccc3c(c2)OCCO3)c1. The monoisotopic (exact) mass is 293 g/mol. The summed E-state index contributed by atoms with van der Waals surface area (Å²) in [6.45, 7) is 5.29. The van der Waals surface area contributed by atoms with Crippen molar-refractivity contribution in [3.8, 4) is 17.6 Å². The second-order valence-corrected chi connectivity index (χ2v) is 5.72. The van der Waals surface area contributed by atoms with Crippen molar-refractivity contribution in [2.45, 2.75) is 26.2 Å². The number of aryl methyl sites for hydroxylation is 2. The Morgan fingerprint density at radius 1 is 1.05 bits per heavy atom. The van der Waals surface area contributed by atoms with Crippen LogP contribution in [0.3, 0.4) is 0 Å². The molecular formula is C19H19NO2. The van der Waals surface area contributed by atoms with Gasteiger partial charge in [-0.3, -0.25) is 0 Å². The molecule has 0 aliphatic carbocycles. The molecule has 2 aromatic rings. The van der Waals surface area contributed by atoms with Gasteiger partial charge in [-0.15, -0.1) is 0 Å². The Labute approximate surface area is 131 Å². The van der Waals surface area contributed by atoms with Crippen molar-refractivity contribution < 1.29 is 9.47 Å². The predicted octanol–water partition coefficient (Wildman–Crippen LogP) is 3.92. The van der Waals surface area contributed by atoms with E-state index in [0.717, 1.165) is 28.2 Å². The van der Waals surface area contributed by atoms with Crippen LogP contribution in [0.4, 0.5) is 0 Å². The van der Waals surface area contributed by atoms with E-state index in [9.17, 15) is 5.26 Å². The van der Waals surface area contributed by atoms with Gasteiger partial charge in [0.1, 0.15) is 13.2 Å². The van der Waals surface area contributed by atoms with Crippen molar-refractivity contribution in [2.24, 2.45) is 0 Å². The van der Waals surface area contributed by atoms with Gasteiger partial charge in [-0.2, -0.15) is 5.26 Å². The van der Waals surface area contributed by atoms with E-state index in [2.05, 4.69) is 38.1 Å². The van der Waals surface area contributed by atoms with E-state index < -0.39 is 0 Å². The molecule has 1 heterocycles. The molecule has 3 rings (SSSR count). The van der Waals surface area contributed by atoms with E-state index >= 15 is 0 Å². The molecule has 1 aliphatic rings. The number of hydrogen-bond donors (Lipinski definition) is 0. The fourth-order valence-corrected chi connectivity index (χ4v) is 2.81. The lowest BCUT2D eigenvalue weighted by atomic mass is 9.89. The smallest absolute Gasteiger partial charge is 0.161 e. The van der Waals surface area contributed by atoms with Gasteiger partial charge in [0.15, 0.2) is 11.5 Å². The number of hydrogen-bond acceptors (Lipinski definition) is 3. The Morgan fingerprint density at radius 3 is 2.59 bits per heavy atom. The predicted molar refractivity (Wildman–Crippen MR) is 85.4 cm³/mol. The van der Waals surface area contributed by atoms with Gasteiger partial charge in [-0.05, 0) is 49.1 Å². The fourth-order valence-electron chi connectivity index (χ4n) is 2.81. The molecule has 22 heavy (non-hydrogen) atoms. The van der Waals surface area contributed by atoms with Crippen molar-refractivity contribution in [3.63, 3.8) is 0 Å². The van der Waals surface area contributed by atoms with Crippen LogP contribution in [0.5, 0.6) is 11.5 Å². The number of nitrogens with zero attached hydrogens (tertiary/aromatic N) is 1. The van der Waals surface area contributed by atoms with Gasteiger partial charge in [-0.1, -0.05) is 29.8 Å². The third-order valence-electron chi connectivity index (χ3n) is 4.01. The third-order valence-corrected chi connectivity index (χ3v) is 4.01. The average Bonchev–Trinajstić information content (AvgIpc) is 2.55. The molecule has 0 amide bonds. The van der Waals surface area contributed by atoms with E-state index in [-0.39, 0.29) is 5.92 Å². The first-order valence-corrected chi connectivity index (χ1v) is 7.52. The molecular weight excluding hydrogens is 274 g/mol. The Kier molecular flexibility index (Phi) is 4.02. The topological polar surface area (TPSA) is 42.2 Å². The van der Waals surface area contributed by atoms with Crippen LogP contribution in [0.25, 0.3) is 0 Å². The van der Waals surface area contributed by atoms with Crippen molar-refractivity contribution in [3.05, 3.63) is 58.7 Å². The lowest BCUT2D eigenvalue weighted by Gasteiger charge is -2.20. The van der Waals surface area contributed by atoms with Crippen LogP contribution < -0.4 is 9.47 Å². The molecule has 0 fully saturated rings. The molecule has 0 radical (unpaired) electrons. The second-order valence-electron chi connectivity index (χ2n) is 5.72. The summed E-state index contributed by atoms with van der Waals surface area (Å²) in [6, 6.07) is 14.7. The molecule has 112 valence electrons. The summed E-state index contributed by atoms with van der Waals surface area (Å²) in [4.78, 5) is 0. The van der Waals surface area contributed by atoms with Gasteiger partial charge >= 0.3 is 0 Å². The van der Waals surface area contributed by atoms with Crippen molar-refractivity contribution in [1.29, 1.82) is 5.26 Å². The highest BCUT2D eigenvalue weighted by Crippen LogP contribution is 2.33. The van der Waals surface area contributed by atoms with Crippen LogP contribution >= 0.6 is 0 Å². The quantitative estimate of drug-likeness (QED) is 0.861. The lowest BCUT2D eigenvalue weighted by molar-refractivity contribution is 0.171. The van der Waals surface area contributed by atoms with Crippen LogP contribution in [-0.2, 0) is 6.42 Å². The molecule has 0 N–H and O–H groups in total. The minimum Gasteiger partial charge on any atom is -0.486 e. The maximum atomic E-state index is 9.59. The van der Waals surface area contributed by atoms with Gasteiger partial charge in [0, 0.05) is 0 Å². The zero-order valence-corrected chi connectivity index (χ0v) is 12.9. The van der Waals surface area contributed by atoms with Crippen LogP contribution in [0.1, 0.15) is 28.2 Å². The van der Waals surface area contributed by atoms with Crippen LogP contribution in [0.15, 0.2) is 36.4 Å². The van der Waals surface area contributed by atoms with E-state index in [0.29, 0.717) is 19.6 Å². The number of benzene rings is 2. The molecule has 3 nitrogen and oxygen atoms in total. The summed E-state index contributed by atoms with van der Waals surface area (Å²) in [6.07, 6.45) is 0.678. The summed E-state index contributed by atoms with van der Waals surface area (Å²) < 4.78 is 11.2. The maximum absolute atomic E-state index is 9.59. The molecule has 2 aromatic carbocycles. The van der Waals surface area contributed by atoms with Crippen molar-refractivity contribution >= 4 is 0 Å². The maximum Gasteiger partial charge on any atom is 0.161 e. The van der Waals surface area contributed by atoms with Crippen LogP contribution in [0, 0.1) is 25.2 Å². The molecule has 0 bridgehead atoms. The standard InChI is InChI=1S/C19H19NO2/c1-13-3-4-14(2)17(9-13)16(12-20)10-15-5-6-18-19(11-15)22-8-7-21-18/h3-6,9,11,16H,7-8,10H2,1-2H3. The summed E-state index contributed by atoms with van der Waals surface area (Å²) in [5, 5.41) is 9.59. The Hall–Kier alpha value is -2.47. The first kappa shape index (κ1) is 14.5. The van der Waals surface area contributed by atoms with Crippen LogP contribution in [-0.4, -0.2) is 13.2 Å². The molecule has 1 atom stereocenters. The largest absolute Gasteiger partial charge is 0.486 e. The van der Waals surface area contributed by atoms with E-state index in [1.807, 2.05) is 18.2 Å². The van der Waals surface area contributed by atoms with Gasteiger partial charge in [0.05, 0.1) is 12.0 Å². The molecule has 0 spiro atoms. The summed E-state index contributed by atoms with van der Waals surface area (Å²) in [5.74, 6) is 1.42.